The largest absolute Gasteiger partial charge is 0.495 e. The van der Waals surface area contributed by atoms with Crippen LogP contribution in [-0.2, 0) is 9.59 Å². The Labute approximate surface area is 168 Å². The van der Waals surface area contributed by atoms with E-state index >= 15 is 0 Å². The first-order chi connectivity index (χ1) is 13.3. The highest BCUT2D eigenvalue weighted by Crippen LogP contribution is 2.27. The summed E-state index contributed by atoms with van der Waals surface area (Å²) in [6, 6.07) is 13.0. The van der Waals surface area contributed by atoms with Gasteiger partial charge in [-0.05, 0) is 50.4 Å². The minimum Gasteiger partial charge on any atom is -0.495 e. The maximum atomic E-state index is 12.4. The molecular weight excluding hydrogens is 380 g/mol. The van der Waals surface area contributed by atoms with E-state index in [4.69, 9.17) is 21.6 Å². The van der Waals surface area contributed by atoms with E-state index in [2.05, 4.69) is 10.6 Å². The zero-order chi connectivity index (χ0) is 20.7. The molecule has 2 aromatic rings. The van der Waals surface area contributed by atoms with Gasteiger partial charge in [-0.15, -0.1) is 0 Å². The molecule has 1 unspecified atom stereocenters. The zero-order valence-electron chi connectivity index (χ0n) is 15.8. The number of anilines is 2. The molecular formula is C20H21ClN4O3. The van der Waals surface area contributed by atoms with Crippen LogP contribution < -0.4 is 15.4 Å². The van der Waals surface area contributed by atoms with E-state index in [1.54, 1.807) is 61.3 Å². The molecule has 0 radical (unpaired) electrons. The third kappa shape index (κ3) is 5.71. The predicted molar refractivity (Wildman–Crippen MR) is 109 cm³/mol. The predicted octanol–water partition coefficient (Wildman–Crippen LogP) is 3.12. The Kier molecular flexibility index (Phi) is 7.38. The fourth-order valence-corrected chi connectivity index (χ4v) is 2.62. The van der Waals surface area contributed by atoms with Crippen LogP contribution in [0.25, 0.3) is 0 Å². The van der Waals surface area contributed by atoms with Crippen molar-refractivity contribution < 1.29 is 14.3 Å². The van der Waals surface area contributed by atoms with Crippen LogP contribution in [0.5, 0.6) is 5.75 Å². The van der Waals surface area contributed by atoms with Crippen molar-refractivity contribution in [2.45, 2.75) is 13.0 Å². The Hall–Kier alpha value is -3.08. The minimum atomic E-state index is -0.572. The van der Waals surface area contributed by atoms with Crippen LogP contribution in [0.3, 0.4) is 0 Å². The summed E-state index contributed by atoms with van der Waals surface area (Å²) in [5.41, 5.74) is 1.44. The van der Waals surface area contributed by atoms with Crippen molar-refractivity contribution in [1.29, 1.82) is 5.26 Å². The normalized spacial score (nSPS) is 11.4. The number of likely N-dealkylation sites (N-methyl/N-ethyl adjacent to an activating group) is 1. The summed E-state index contributed by atoms with van der Waals surface area (Å²) < 4.78 is 5.20. The molecule has 0 bridgehead atoms. The number of methoxy groups -OCH3 is 1. The lowest BCUT2D eigenvalue weighted by atomic mass is 10.2. The van der Waals surface area contributed by atoms with Gasteiger partial charge in [0.2, 0.25) is 11.8 Å². The van der Waals surface area contributed by atoms with Crippen LogP contribution in [0, 0.1) is 11.3 Å². The topological polar surface area (TPSA) is 94.5 Å². The van der Waals surface area contributed by atoms with Crippen LogP contribution in [0.4, 0.5) is 11.4 Å². The number of ether oxygens (including phenoxy) is 1. The number of nitrogens with one attached hydrogen (secondary N) is 2. The average molecular weight is 401 g/mol. The fourth-order valence-electron chi connectivity index (χ4n) is 2.44. The van der Waals surface area contributed by atoms with E-state index in [9.17, 15) is 9.59 Å². The molecule has 0 aromatic heterocycles. The van der Waals surface area contributed by atoms with Gasteiger partial charge in [0.15, 0.2) is 0 Å². The summed E-state index contributed by atoms with van der Waals surface area (Å²) in [5.74, 6) is -0.108. The lowest BCUT2D eigenvalue weighted by Crippen LogP contribution is -2.43. The standard InChI is InChI=1S/C20H21ClN4O3/c1-13(20(27)23-16-6-4-5-14(9-16)11-22)25(2)12-19(26)24-17-10-15(21)7-8-18(17)28-3/h4-10,13H,12H2,1-3H3,(H,23,27)(H,24,26). The molecule has 0 fully saturated rings. The highest BCUT2D eigenvalue weighted by atomic mass is 35.5. The Balaban J connectivity index is 1.96. The Bertz CT molecular complexity index is 911. The second-order valence-electron chi connectivity index (χ2n) is 6.17. The molecule has 1 atom stereocenters. The summed E-state index contributed by atoms with van der Waals surface area (Å²) >= 11 is 5.96. The van der Waals surface area contributed by atoms with Gasteiger partial charge in [0.05, 0.1) is 37.0 Å². The number of carbonyl (C=O) groups is 2. The average Bonchev–Trinajstić information content (AvgIpc) is 2.67. The highest BCUT2D eigenvalue weighted by Gasteiger charge is 2.21. The molecule has 0 aliphatic heterocycles. The van der Waals surface area contributed by atoms with Crippen molar-refractivity contribution in [1.82, 2.24) is 4.90 Å². The van der Waals surface area contributed by atoms with E-state index in [-0.39, 0.29) is 18.4 Å². The molecule has 2 N–H and O–H groups in total. The third-order valence-electron chi connectivity index (χ3n) is 4.13. The number of halogens is 1. The first-order valence-electron chi connectivity index (χ1n) is 8.48. The lowest BCUT2D eigenvalue weighted by Gasteiger charge is -2.23. The minimum absolute atomic E-state index is 0.0114. The summed E-state index contributed by atoms with van der Waals surface area (Å²) in [5, 5.41) is 14.9. The van der Waals surface area contributed by atoms with Crippen molar-refractivity contribution in [3.05, 3.63) is 53.1 Å². The molecule has 0 spiro atoms. The molecule has 0 saturated heterocycles. The molecule has 2 rings (SSSR count). The Morgan fingerprint density at radius 1 is 1.25 bits per heavy atom. The number of carbonyl (C=O) groups excluding carboxylic acids is 2. The number of nitriles is 1. The molecule has 0 heterocycles. The lowest BCUT2D eigenvalue weighted by molar-refractivity contribution is -0.122. The van der Waals surface area contributed by atoms with Gasteiger partial charge in [0.1, 0.15) is 5.75 Å². The second-order valence-corrected chi connectivity index (χ2v) is 6.60. The Morgan fingerprint density at radius 3 is 2.68 bits per heavy atom. The van der Waals surface area contributed by atoms with Gasteiger partial charge in [-0.3, -0.25) is 14.5 Å². The van der Waals surface area contributed by atoms with Crippen molar-refractivity contribution in [2.75, 3.05) is 31.3 Å². The van der Waals surface area contributed by atoms with Gasteiger partial charge in [-0.1, -0.05) is 17.7 Å². The van der Waals surface area contributed by atoms with Crippen molar-refractivity contribution in [2.24, 2.45) is 0 Å². The van der Waals surface area contributed by atoms with Gasteiger partial charge in [0.25, 0.3) is 0 Å². The third-order valence-corrected chi connectivity index (χ3v) is 4.36. The van der Waals surface area contributed by atoms with E-state index < -0.39 is 6.04 Å². The van der Waals surface area contributed by atoms with Gasteiger partial charge in [0, 0.05) is 10.7 Å². The monoisotopic (exact) mass is 400 g/mol. The van der Waals surface area contributed by atoms with Gasteiger partial charge >= 0.3 is 0 Å². The maximum Gasteiger partial charge on any atom is 0.241 e. The molecule has 2 aromatic carbocycles. The number of benzene rings is 2. The molecule has 7 nitrogen and oxygen atoms in total. The molecule has 2 amide bonds. The van der Waals surface area contributed by atoms with Crippen LogP contribution in [0.15, 0.2) is 42.5 Å². The quantitative estimate of drug-likeness (QED) is 0.744. The number of amides is 2. The first-order valence-corrected chi connectivity index (χ1v) is 8.86. The van der Waals surface area contributed by atoms with Crippen molar-refractivity contribution in [3.8, 4) is 11.8 Å². The van der Waals surface area contributed by atoms with E-state index in [1.165, 1.54) is 7.11 Å². The molecule has 146 valence electrons. The first kappa shape index (κ1) is 21.2. The van der Waals surface area contributed by atoms with Crippen LogP contribution in [0.1, 0.15) is 12.5 Å². The number of nitrogens with zero attached hydrogens (tertiary/aromatic N) is 2. The zero-order valence-corrected chi connectivity index (χ0v) is 16.6. The van der Waals surface area contributed by atoms with Gasteiger partial charge in [-0.2, -0.15) is 5.26 Å². The summed E-state index contributed by atoms with van der Waals surface area (Å²) in [4.78, 5) is 26.4. The smallest absolute Gasteiger partial charge is 0.241 e. The fraction of sp³-hybridized carbons (Fsp3) is 0.250. The Morgan fingerprint density at radius 2 is 2.00 bits per heavy atom. The molecule has 0 saturated carbocycles. The van der Waals surface area contributed by atoms with Crippen LogP contribution in [0.2, 0.25) is 5.02 Å². The van der Waals surface area contributed by atoms with Gasteiger partial charge in [-0.25, -0.2) is 0 Å². The van der Waals surface area contributed by atoms with E-state index in [0.717, 1.165) is 0 Å². The van der Waals surface area contributed by atoms with E-state index in [0.29, 0.717) is 27.7 Å². The second kappa shape index (κ2) is 9.74. The molecule has 0 aliphatic rings. The maximum absolute atomic E-state index is 12.4. The summed E-state index contributed by atoms with van der Waals surface area (Å²) in [6.45, 7) is 1.68. The summed E-state index contributed by atoms with van der Waals surface area (Å²) in [6.07, 6.45) is 0. The van der Waals surface area contributed by atoms with Gasteiger partial charge < -0.3 is 15.4 Å². The highest BCUT2D eigenvalue weighted by molar-refractivity contribution is 6.31. The molecule has 28 heavy (non-hydrogen) atoms. The SMILES string of the molecule is COc1ccc(Cl)cc1NC(=O)CN(C)C(C)C(=O)Nc1cccc(C#N)c1. The summed E-state index contributed by atoms with van der Waals surface area (Å²) in [7, 11) is 3.17. The van der Waals surface area contributed by atoms with E-state index in [1.807, 2.05) is 6.07 Å². The number of rotatable bonds is 7. The van der Waals surface area contributed by atoms with Crippen molar-refractivity contribution in [3.63, 3.8) is 0 Å². The number of hydrogen-bond donors (Lipinski definition) is 2. The van der Waals surface area contributed by atoms with Crippen LogP contribution in [-0.4, -0.2) is 43.5 Å². The van der Waals surface area contributed by atoms with Crippen molar-refractivity contribution >= 4 is 34.8 Å². The van der Waals surface area contributed by atoms with Crippen LogP contribution >= 0.6 is 11.6 Å². The number of hydrogen-bond acceptors (Lipinski definition) is 5. The molecule has 0 aliphatic carbocycles. The molecule has 8 heteroatoms.